The minimum atomic E-state index is 0.214. The summed E-state index contributed by atoms with van der Waals surface area (Å²) in [6.07, 6.45) is 0.519. The van der Waals surface area contributed by atoms with Gasteiger partial charge in [0.25, 0.3) is 0 Å². The number of halogens is 1. The van der Waals surface area contributed by atoms with Crippen LogP contribution in [0.5, 0.6) is 0 Å². The van der Waals surface area contributed by atoms with Crippen molar-refractivity contribution < 1.29 is 4.79 Å². The first-order valence-corrected chi connectivity index (χ1v) is 9.08. The normalized spacial score (nSPS) is 14.5. The molecule has 5 heteroatoms. The molecule has 1 aliphatic rings. The Hall–Kier alpha value is -2.20. The van der Waals surface area contributed by atoms with Crippen molar-refractivity contribution in [3.63, 3.8) is 0 Å². The Labute approximate surface area is 154 Å². The van der Waals surface area contributed by atoms with Crippen molar-refractivity contribution in [3.8, 4) is 0 Å². The summed E-state index contributed by atoms with van der Waals surface area (Å²) < 4.78 is 0. The molecular formula is C20H24ClN3O. The topological polar surface area (TPSA) is 35.6 Å². The number of carbonyl (C=O) groups is 1. The highest BCUT2D eigenvalue weighted by Gasteiger charge is 2.21. The van der Waals surface area contributed by atoms with Crippen molar-refractivity contribution in [2.45, 2.75) is 13.3 Å². The molecule has 1 N–H and O–H groups in total. The molecule has 2 aromatic rings. The SMILES string of the molecule is Cc1cccc(NCCC(=O)N2CCN(c3cccc(Cl)c3)CC2)c1. The molecule has 1 amide bonds. The van der Waals surface area contributed by atoms with Crippen LogP contribution < -0.4 is 10.2 Å². The lowest BCUT2D eigenvalue weighted by Crippen LogP contribution is -2.49. The second kappa shape index (κ2) is 8.26. The Morgan fingerprint density at radius 3 is 2.56 bits per heavy atom. The smallest absolute Gasteiger partial charge is 0.224 e. The maximum atomic E-state index is 12.4. The number of nitrogens with one attached hydrogen (secondary N) is 1. The lowest BCUT2D eigenvalue weighted by molar-refractivity contribution is -0.131. The number of benzene rings is 2. The Bertz CT molecular complexity index is 726. The highest BCUT2D eigenvalue weighted by atomic mass is 35.5. The molecule has 0 aliphatic carbocycles. The van der Waals surface area contributed by atoms with Crippen molar-refractivity contribution >= 4 is 28.9 Å². The Morgan fingerprint density at radius 2 is 1.84 bits per heavy atom. The van der Waals surface area contributed by atoms with Crippen molar-refractivity contribution in [3.05, 3.63) is 59.1 Å². The third-order valence-corrected chi connectivity index (χ3v) is 4.73. The van der Waals surface area contributed by atoms with Crippen LogP contribution in [-0.2, 0) is 4.79 Å². The number of hydrogen-bond donors (Lipinski definition) is 1. The van der Waals surface area contributed by atoms with E-state index in [0.717, 1.165) is 42.6 Å². The van der Waals surface area contributed by atoms with Gasteiger partial charge >= 0.3 is 0 Å². The standard InChI is InChI=1S/C20H24ClN3O/c1-16-4-2-6-18(14-16)22-9-8-20(25)24-12-10-23(11-13-24)19-7-3-5-17(21)15-19/h2-7,14-15,22H,8-13H2,1H3. The molecule has 1 fully saturated rings. The molecule has 1 heterocycles. The van der Waals surface area contributed by atoms with Crippen LogP contribution in [0.15, 0.2) is 48.5 Å². The number of amides is 1. The van der Waals surface area contributed by atoms with E-state index in [1.54, 1.807) is 0 Å². The monoisotopic (exact) mass is 357 g/mol. The Kier molecular flexibility index (Phi) is 5.82. The van der Waals surface area contributed by atoms with Gasteiger partial charge in [-0.1, -0.05) is 29.8 Å². The lowest BCUT2D eigenvalue weighted by atomic mass is 10.2. The van der Waals surface area contributed by atoms with Crippen LogP contribution >= 0.6 is 11.6 Å². The number of anilines is 2. The highest BCUT2D eigenvalue weighted by Crippen LogP contribution is 2.21. The maximum absolute atomic E-state index is 12.4. The fourth-order valence-electron chi connectivity index (χ4n) is 3.11. The van der Waals surface area contributed by atoms with Gasteiger partial charge in [-0.25, -0.2) is 0 Å². The zero-order valence-electron chi connectivity index (χ0n) is 14.5. The third-order valence-electron chi connectivity index (χ3n) is 4.49. The van der Waals surface area contributed by atoms with E-state index >= 15 is 0 Å². The first kappa shape index (κ1) is 17.6. The van der Waals surface area contributed by atoms with Crippen LogP contribution in [-0.4, -0.2) is 43.5 Å². The summed E-state index contributed by atoms with van der Waals surface area (Å²) in [7, 11) is 0. The van der Waals surface area contributed by atoms with Gasteiger partial charge in [0.05, 0.1) is 0 Å². The van der Waals surface area contributed by atoms with Gasteiger partial charge in [-0.3, -0.25) is 4.79 Å². The molecule has 2 aromatic carbocycles. The molecule has 0 unspecified atom stereocenters. The van der Waals surface area contributed by atoms with Crippen LogP contribution in [0.25, 0.3) is 0 Å². The lowest BCUT2D eigenvalue weighted by Gasteiger charge is -2.36. The Balaban J connectivity index is 1.44. The summed E-state index contributed by atoms with van der Waals surface area (Å²) in [4.78, 5) is 16.6. The average Bonchev–Trinajstić information content (AvgIpc) is 2.62. The van der Waals surface area contributed by atoms with E-state index < -0.39 is 0 Å². The van der Waals surface area contributed by atoms with Crippen LogP contribution in [0.1, 0.15) is 12.0 Å². The van der Waals surface area contributed by atoms with E-state index in [9.17, 15) is 4.79 Å². The van der Waals surface area contributed by atoms with E-state index in [1.807, 2.05) is 35.2 Å². The van der Waals surface area contributed by atoms with Gasteiger partial charge in [-0.2, -0.15) is 0 Å². The summed E-state index contributed by atoms with van der Waals surface area (Å²) in [6, 6.07) is 16.1. The third kappa shape index (κ3) is 4.89. The number of piperazine rings is 1. The second-order valence-electron chi connectivity index (χ2n) is 6.39. The molecule has 25 heavy (non-hydrogen) atoms. The molecule has 0 aromatic heterocycles. The molecule has 0 spiro atoms. The van der Waals surface area contributed by atoms with Gasteiger partial charge < -0.3 is 15.1 Å². The number of aryl methyl sites for hydroxylation is 1. The van der Waals surface area contributed by atoms with Gasteiger partial charge in [-0.15, -0.1) is 0 Å². The second-order valence-corrected chi connectivity index (χ2v) is 6.83. The summed E-state index contributed by atoms with van der Waals surface area (Å²) in [5.74, 6) is 0.214. The molecule has 4 nitrogen and oxygen atoms in total. The highest BCUT2D eigenvalue weighted by molar-refractivity contribution is 6.30. The van der Waals surface area contributed by atoms with Gasteiger partial charge in [0, 0.05) is 55.5 Å². The van der Waals surface area contributed by atoms with Crippen LogP contribution in [0.2, 0.25) is 5.02 Å². The first-order chi connectivity index (χ1) is 12.1. The van der Waals surface area contributed by atoms with Gasteiger partial charge in [-0.05, 0) is 42.8 Å². The van der Waals surface area contributed by atoms with Crippen molar-refractivity contribution in [1.29, 1.82) is 0 Å². The van der Waals surface area contributed by atoms with Crippen LogP contribution in [0.3, 0.4) is 0 Å². The van der Waals surface area contributed by atoms with E-state index in [0.29, 0.717) is 13.0 Å². The molecule has 132 valence electrons. The van der Waals surface area contributed by atoms with Gasteiger partial charge in [0.2, 0.25) is 5.91 Å². The summed E-state index contributed by atoms with van der Waals surface area (Å²) in [5, 5.41) is 4.07. The number of nitrogens with zero attached hydrogens (tertiary/aromatic N) is 2. The zero-order chi connectivity index (χ0) is 17.6. The summed E-state index contributed by atoms with van der Waals surface area (Å²) in [5.41, 5.74) is 3.41. The van der Waals surface area contributed by atoms with Gasteiger partial charge in [0.15, 0.2) is 0 Å². The molecule has 0 bridgehead atoms. The van der Waals surface area contributed by atoms with E-state index in [1.165, 1.54) is 5.56 Å². The van der Waals surface area contributed by atoms with E-state index in [4.69, 9.17) is 11.6 Å². The van der Waals surface area contributed by atoms with E-state index in [2.05, 4.69) is 35.3 Å². The minimum absolute atomic E-state index is 0.214. The van der Waals surface area contributed by atoms with Crippen LogP contribution in [0, 0.1) is 6.92 Å². The van der Waals surface area contributed by atoms with E-state index in [-0.39, 0.29) is 5.91 Å². The minimum Gasteiger partial charge on any atom is -0.385 e. The molecule has 0 radical (unpaired) electrons. The fraction of sp³-hybridized carbons (Fsp3) is 0.350. The van der Waals surface area contributed by atoms with Crippen molar-refractivity contribution in [1.82, 2.24) is 4.90 Å². The number of hydrogen-bond acceptors (Lipinski definition) is 3. The molecule has 0 atom stereocenters. The molecular weight excluding hydrogens is 334 g/mol. The van der Waals surface area contributed by atoms with Crippen molar-refractivity contribution in [2.75, 3.05) is 42.9 Å². The molecule has 0 saturated carbocycles. The Morgan fingerprint density at radius 1 is 1.08 bits per heavy atom. The zero-order valence-corrected chi connectivity index (χ0v) is 15.3. The molecule has 1 saturated heterocycles. The van der Waals surface area contributed by atoms with Crippen molar-refractivity contribution in [2.24, 2.45) is 0 Å². The predicted molar refractivity (Wildman–Crippen MR) is 105 cm³/mol. The fourth-order valence-corrected chi connectivity index (χ4v) is 3.30. The predicted octanol–water partition coefficient (Wildman–Crippen LogP) is 3.80. The maximum Gasteiger partial charge on any atom is 0.224 e. The quantitative estimate of drug-likeness (QED) is 0.884. The number of carbonyl (C=O) groups excluding carboxylic acids is 1. The summed E-state index contributed by atoms with van der Waals surface area (Å²) in [6.45, 7) is 5.94. The molecule has 3 rings (SSSR count). The largest absolute Gasteiger partial charge is 0.385 e. The molecule has 1 aliphatic heterocycles. The first-order valence-electron chi connectivity index (χ1n) is 8.71. The average molecular weight is 358 g/mol. The number of rotatable bonds is 5. The summed E-state index contributed by atoms with van der Waals surface area (Å²) >= 11 is 6.06. The van der Waals surface area contributed by atoms with Crippen LogP contribution in [0.4, 0.5) is 11.4 Å². The van der Waals surface area contributed by atoms with Gasteiger partial charge in [0.1, 0.15) is 0 Å².